The van der Waals surface area contributed by atoms with E-state index in [9.17, 15) is 17.6 Å². The maximum atomic E-state index is 12.4. The molecule has 1 aliphatic heterocycles. The number of ether oxygens (including phenoxy) is 1. The Hall–Kier alpha value is -1.84. The summed E-state index contributed by atoms with van der Waals surface area (Å²) >= 11 is 0. The van der Waals surface area contributed by atoms with E-state index in [2.05, 4.69) is 5.10 Å². The molecule has 1 aromatic heterocycles. The van der Waals surface area contributed by atoms with Gasteiger partial charge in [0.25, 0.3) is 0 Å². The number of fused-ring (bicyclic) bond motifs is 1. The lowest BCUT2D eigenvalue weighted by Crippen LogP contribution is -2.39. The third-order valence-corrected chi connectivity index (χ3v) is 3.81. The standard InChI is InChI=1S/C13H20FN3O5S/c1-13(2,3)21-12(18)17-6-5-9-10(7-17)15-16(4)11(9)22-23(19,20)8-14/h5-8H2,1-4H3. The average molecular weight is 349 g/mol. The number of halogens is 1. The highest BCUT2D eigenvalue weighted by molar-refractivity contribution is 7.86. The second-order valence-corrected chi connectivity index (χ2v) is 7.76. The Labute approximate surface area is 134 Å². The van der Waals surface area contributed by atoms with E-state index in [1.807, 2.05) is 0 Å². The summed E-state index contributed by atoms with van der Waals surface area (Å²) in [5.41, 5.74) is 0.461. The normalized spacial score (nSPS) is 15.3. The maximum absolute atomic E-state index is 12.4. The fourth-order valence-electron chi connectivity index (χ4n) is 2.22. The van der Waals surface area contributed by atoms with Crippen molar-refractivity contribution in [2.24, 2.45) is 7.05 Å². The molecule has 10 heteroatoms. The molecule has 2 rings (SSSR count). The largest absolute Gasteiger partial charge is 0.444 e. The van der Waals surface area contributed by atoms with Crippen molar-refractivity contribution in [2.75, 3.05) is 12.6 Å². The maximum Gasteiger partial charge on any atom is 0.410 e. The minimum atomic E-state index is -4.29. The van der Waals surface area contributed by atoms with Crippen molar-refractivity contribution in [1.29, 1.82) is 0 Å². The number of aryl methyl sites for hydroxylation is 1. The SMILES string of the molecule is Cn1nc2c(c1OS(=O)(=O)CF)CCN(C(=O)OC(C)(C)C)C2. The van der Waals surface area contributed by atoms with Crippen molar-refractivity contribution < 1.29 is 26.5 Å². The van der Waals surface area contributed by atoms with Crippen LogP contribution in [0.2, 0.25) is 0 Å². The summed E-state index contributed by atoms with van der Waals surface area (Å²) < 4.78 is 46.4. The van der Waals surface area contributed by atoms with Crippen LogP contribution in [0.15, 0.2) is 0 Å². The highest BCUT2D eigenvalue weighted by Gasteiger charge is 2.31. The van der Waals surface area contributed by atoms with Crippen molar-refractivity contribution in [3.05, 3.63) is 11.3 Å². The van der Waals surface area contributed by atoms with Crippen LogP contribution in [-0.2, 0) is 34.9 Å². The Balaban J connectivity index is 2.19. The smallest absolute Gasteiger partial charge is 0.410 e. The first-order valence-corrected chi connectivity index (χ1v) is 8.61. The van der Waals surface area contributed by atoms with Crippen molar-refractivity contribution in [3.8, 4) is 5.88 Å². The molecule has 23 heavy (non-hydrogen) atoms. The quantitative estimate of drug-likeness (QED) is 0.765. The number of alkyl halides is 1. The number of hydrogen-bond donors (Lipinski definition) is 0. The molecule has 0 radical (unpaired) electrons. The summed E-state index contributed by atoms with van der Waals surface area (Å²) in [5.74, 6) is -0.0125. The summed E-state index contributed by atoms with van der Waals surface area (Å²) in [6.45, 7) is 5.83. The van der Waals surface area contributed by atoms with Crippen molar-refractivity contribution in [3.63, 3.8) is 0 Å². The lowest BCUT2D eigenvalue weighted by Gasteiger charge is -2.29. The van der Waals surface area contributed by atoms with E-state index in [0.717, 1.165) is 0 Å². The number of rotatable bonds is 3. The van der Waals surface area contributed by atoms with E-state index in [1.165, 1.54) is 16.6 Å². The molecular formula is C13H20FN3O5S. The highest BCUT2D eigenvalue weighted by Crippen LogP contribution is 2.29. The number of hydrogen-bond acceptors (Lipinski definition) is 6. The molecule has 1 aliphatic rings. The molecule has 0 spiro atoms. The fraction of sp³-hybridized carbons (Fsp3) is 0.692. The predicted molar refractivity (Wildman–Crippen MR) is 79.1 cm³/mol. The zero-order chi connectivity index (χ0) is 17.4. The summed E-state index contributed by atoms with van der Waals surface area (Å²) in [4.78, 5) is 13.6. The van der Waals surface area contributed by atoms with Gasteiger partial charge in [-0.2, -0.15) is 13.5 Å². The lowest BCUT2D eigenvalue weighted by atomic mass is 10.1. The minimum Gasteiger partial charge on any atom is -0.444 e. The molecule has 1 aromatic rings. The van der Waals surface area contributed by atoms with Crippen LogP contribution in [0.3, 0.4) is 0 Å². The fourth-order valence-corrected chi connectivity index (χ4v) is 2.71. The van der Waals surface area contributed by atoms with Crippen molar-refractivity contribution in [2.45, 2.75) is 39.3 Å². The van der Waals surface area contributed by atoms with Crippen LogP contribution in [0.1, 0.15) is 32.0 Å². The number of aromatic nitrogens is 2. The summed E-state index contributed by atoms with van der Waals surface area (Å²) in [5, 5.41) is 4.15. The molecule has 0 N–H and O–H groups in total. The van der Waals surface area contributed by atoms with Crippen LogP contribution in [0.25, 0.3) is 0 Å². The van der Waals surface area contributed by atoms with E-state index in [0.29, 0.717) is 24.2 Å². The highest BCUT2D eigenvalue weighted by atomic mass is 32.2. The molecule has 0 unspecified atom stereocenters. The van der Waals surface area contributed by atoms with Gasteiger partial charge in [0, 0.05) is 19.2 Å². The van der Waals surface area contributed by atoms with E-state index in [4.69, 9.17) is 8.92 Å². The third-order valence-electron chi connectivity index (χ3n) is 3.13. The Morgan fingerprint density at radius 2 is 2.04 bits per heavy atom. The zero-order valence-corrected chi connectivity index (χ0v) is 14.3. The first-order valence-electron chi connectivity index (χ1n) is 7.03. The van der Waals surface area contributed by atoms with Gasteiger partial charge < -0.3 is 13.8 Å². The van der Waals surface area contributed by atoms with Gasteiger partial charge in [-0.3, -0.25) is 0 Å². The van der Waals surface area contributed by atoms with Gasteiger partial charge in [0.2, 0.25) is 11.9 Å². The molecule has 0 fully saturated rings. The number of nitrogens with zero attached hydrogens (tertiary/aromatic N) is 3. The second kappa shape index (κ2) is 5.99. The first kappa shape index (κ1) is 17.5. The topological polar surface area (TPSA) is 90.7 Å². The zero-order valence-electron chi connectivity index (χ0n) is 13.5. The number of carbonyl (C=O) groups excluding carboxylic acids is 1. The van der Waals surface area contributed by atoms with E-state index in [1.54, 1.807) is 20.8 Å². The Morgan fingerprint density at radius 3 is 2.61 bits per heavy atom. The monoisotopic (exact) mass is 349 g/mol. The van der Waals surface area contributed by atoms with Gasteiger partial charge in [0.05, 0.1) is 12.2 Å². The van der Waals surface area contributed by atoms with Gasteiger partial charge in [-0.1, -0.05) is 0 Å². The van der Waals surface area contributed by atoms with Crippen LogP contribution in [0.4, 0.5) is 9.18 Å². The average Bonchev–Trinajstić information content (AvgIpc) is 2.72. The van der Waals surface area contributed by atoms with Gasteiger partial charge in [-0.25, -0.2) is 13.9 Å². The molecule has 8 nitrogen and oxygen atoms in total. The van der Waals surface area contributed by atoms with Gasteiger partial charge in [0.1, 0.15) is 5.60 Å². The number of carbonyl (C=O) groups is 1. The van der Waals surface area contributed by atoms with E-state index in [-0.39, 0.29) is 12.4 Å². The Kier molecular flexibility index (Phi) is 4.56. The minimum absolute atomic E-state index is 0.0125. The van der Waals surface area contributed by atoms with Gasteiger partial charge in [0.15, 0.2) is 0 Å². The molecule has 0 atom stereocenters. The summed E-state index contributed by atoms with van der Waals surface area (Å²) in [6.07, 6.45) is -0.118. The molecule has 2 heterocycles. The van der Waals surface area contributed by atoms with E-state index >= 15 is 0 Å². The third kappa shape index (κ3) is 4.12. The summed E-state index contributed by atoms with van der Waals surface area (Å²) in [7, 11) is -2.79. The number of amides is 1. The van der Waals surface area contributed by atoms with E-state index < -0.39 is 27.8 Å². The van der Waals surface area contributed by atoms with Crippen LogP contribution in [0, 0.1) is 0 Å². The Bertz CT molecular complexity index is 708. The van der Waals surface area contributed by atoms with Crippen LogP contribution < -0.4 is 4.18 Å². The second-order valence-electron chi connectivity index (χ2n) is 6.26. The molecule has 0 saturated carbocycles. The lowest BCUT2D eigenvalue weighted by molar-refractivity contribution is 0.0221. The van der Waals surface area contributed by atoms with Crippen molar-refractivity contribution >= 4 is 16.2 Å². The van der Waals surface area contributed by atoms with Crippen LogP contribution >= 0.6 is 0 Å². The molecule has 130 valence electrons. The van der Waals surface area contributed by atoms with Gasteiger partial charge in [-0.15, -0.1) is 0 Å². The molecule has 1 amide bonds. The molecule has 0 saturated heterocycles. The molecular weight excluding hydrogens is 329 g/mol. The Morgan fingerprint density at radius 1 is 1.39 bits per heavy atom. The molecule has 0 aromatic carbocycles. The summed E-state index contributed by atoms with van der Waals surface area (Å²) in [6, 6.07) is -1.61. The molecule has 0 aliphatic carbocycles. The van der Waals surface area contributed by atoms with Gasteiger partial charge >= 0.3 is 16.2 Å². The van der Waals surface area contributed by atoms with Crippen molar-refractivity contribution in [1.82, 2.24) is 14.7 Å². The van der Waals surface area contributed by atoms with Gasteiger partial charge in [-0.05, 0) is 27.2 Å². The molecule has 0 bridgehead atoms. The van der Waals surface area contributed by atoms with Crippen LogP contribution in [-0.4, -0.2) is 47.3 Å². The predicted octanol–water partition coefficient (Wildman–Crippen LogP) is 1.35. The van der Waals surface area contributed by atoms with Crippen LogP contribution in [0.5, 0.6) is 5.88 Å². The first-order chi connectivity index (χ1) is 10.5.